The summed E-state index contributed by atoms with van der Waals surface area (Å²) in [6, 6.07) is 0. The number of carbonyl (C=O) groups excluding carboxylic acids is 3. The maximum Gasteiger partial charge on any atom is 0.274 e. The highest BCUT2D eigenvalue weighted by atomic mass is 32.2. The van der Waals surface area contributed by atoms with E-state index < -0.39 is 27.2 Å². The van der Waals surface area contributed by atoms with Crippen LogP contribution in [0.5, 0.6) is 0 Å². The summed E-state index contributed by atoms with van der Waals surface area (Å²) in [5.74, 6) is -0.802. The number of unbranched alkanes of at least 4 members (excludes halogenated alkanes) is 1. The molecule has 0 radical (unpaired) electrons. The van der Waals surface area contributed by atoms with Crippen LogP contribution >= 0.6 is 0 Å². The number of amides is 2. The predicted octanol–water partition coefficient (Wildman–Crippen LogP) is -0.888. The third-order valence-corrected chi connectivity index (χ3v) is 3.67. The molecule has 0 aromatic rings. The zero-order chi connectivity index (χ0) is 15.8. The topological polar surface area (TPSA) is 135 Å². The van der Waals surface area contributed by atoms with Crippen LogP contribution in [0, 0.1) is 0 Å². The van der Waals surface area contributed by atoms with Gasteiger partial charge in [-0.25, -0.2) is 0 Å². The molecule has 0 fully saturated rings. The summed E-state index contributed by atoms with van der Waals surface area (Å²) in [5, 5.41) is -1.44. The molecule has 1 heterocycles. The van der Waals surface area contributed by atoms with E-state index in [0.29, 0.717) is 12.8 Å². The highest BCUT2D eigenvalue weighted by Gasteiger charge is 2.24. The minimum absolute atomic E-state index is 0.0357. The monoisotopic (exact) mass is 306 g/mol. The van der Waals surface area contributed by atoms with E-state index in [1.165, 1.54) is 7.05 Å². The van der Waals surface area contributed by atoms with E-state index in [-0.39, 0.29) is 19.3 Å². The number of hydrogen-bond donors (Lipinski definition) is 2. The quantitative estimate of drug-likeness (QED) is 0.269. The van der Waals surface area contributed by atoms with Crippen LogP contribution in [0.1, 0.15) is 19.3 Å². The molecule has 0 saturated heterocycles. The first kappa shape index (κ1) is 18.4. The number of carbonyl (C=O) groups is 3. The van der Waals surface area contributed by atoms with Crippen molar-refractivity contribution in [1.29, 1.82) is 0 Å². The second-order valence-corrected chi connectivity index (χ2v) is 5.48. The Labute approximate surface area is 117 Å². The average molecular weight is 306 g/mol. The smallest absolute Gasteiger partial charge is 0.274 e. The van der Waals surface area contributed by atoms with Crippen molar-refractivity contribution >= 4 is 28.2 Å². The third kappa shape index (κ3) is 5.59. The average Bonchev–Trinajstić information content (AvgIpc) is 2.70. The Balaban J connectivity index is 0.00000172. The standard InChI is InChI=1S/C10H13NO6S.CH5N/c12-7-8(18(15,16)17)3-1-2-6-11-9(13)4-5-10(11)14;1-2/h4-5,7-8H,1-3,6H2,(H,15,16,17);2H2,1H3. The number of nitrogens with two attached hydrogens (primary N) is 1. The minimum atomic E-state index is -4.36. The lowest BCUT2D eigenvalue weighted by molar-refractivity contribution is -0.136. The molecule has 9 heteroatoms. The first-order valence-electron chi connectivity index (χ1n) is 5.89. The van der Waals surface area contributed by atoms with E-state index in [9.17, 15) is 22.8 Å². The molecule has 1 aliphatic heterocycles. The highest BCUT2D eigenvalue weighted by Crippen LogP contribution is 2.10. The van der Waals surface area contributed by atoms with Gasteiger partial charge in [-0.15, -0.1) is 0 Å². The SMILES string of the molecule is CN.O=CC(CCCCN1C(=O)C=CC1=O)S(=O)(=O)O. The van der Waals surface area contributed by atoms with E-state index in [4.69, 9.17) is 4.55 Å². The van der Waals surface area contributed by atoms with Gasteiger partial charge in [-0.05, 0) is 26.3 Å². The fourth-order valence-corrected chi connectivity index (χ4v) is 2.16. The molecule has 0 bridgehead atoms. The molecule has 20 heavy (non-hydrogen) atoms. The Bertz CT molecular complexity index is 467. The summed E-state index contributed by atoms with van der Waals surface area (Å²) in [7, 11) is -2.86. The van der Waals surface area contributed by atoms with Crippen molar-refractivity contribution in [1.82, 2.24) is 4.90 Å². The molecule has 8 nitrogen and oxygen atoms in total. The van der Waals surface area contributed by atoms with E-state index in [2.05, 4.69) is 5.73 Å². The molecule has 1 unspecified atom stereocenters. The predicted molar refractivity (Wildman–Crippen MR) is 71.2 cm³/mol. The minimum Gasteiger partial charge on any atom is -0.333 e. The van der Waals surface area contributed by atoms with Gasteiger partial charge in [0.2, 0.25) is 0 Å². The van der Waals surface area contributed by atoms with Crippen LogP contribution in [0.25, 0.3) is 0 Å². The highest BCUT2D eigenvalue weighted by molar-refractivity contribution is 7.87. The van der Waals surface area contributed by atoms with Crippen LogP contribution in [-0.2, 0) is 24.5 Å². The Kier molecular flexibility index (Phi) is 7.89. The molecule has 114 valence electrons. The number of imide groups is 1. The molecule has 0 aliphatic carbocycles. The van der Waals surface area contributed by atoms with Gasteiger partial charge in [0.25, 0.3) is 21.9 Å². The molecule has 3 N–H and O–H groups in total. The van der Waals surface area contributed by atoms with Gasteiger partial charge in [-0.3, -0.25) is 19.0 Å². The normalized spacial score (nSPS) is 15.8. The second kappa shape index (κ2) is 8.56. The van der Waals surface area contributed by atoms with Gasteiger partial charge in [0, 0.05) is 18.7 Å². The first-order chi connectivity index (χ1) is 9.36. The molecule has 0 saturated carbocycles. The van der Waals surface area contributed by atoms with Crippen LogP contribution in [0.4, 0.5) is 0 Å². The molecule has 0 spiro atoms. The van der Waals surface area contributed by atoms with Gasteiger partial charge in [-0.2, -0.15) is 8.42 Å². The lowest BCUT2D eigenvalue weighted by Crippen LogP contribution is -2.31. The zero-order valence-corrected chi connectivity index (χ0v) is 11.9. The third-order valence-electron chi connectivity index (χ3n) is 2.56. The number of aldehydes is 1. The van der Waals surface area contributed by atoms with Gasteiger partial charge >= 0.3 is 0 Å². The molecule has 1 rings (SSSR count). The molecular weight excluding hydrogens is 288 g/mol. The maximum absolute atomic E-state index is 11.2. The molecule has 0 aromatic heterocycles. The number of rotatable bonds is 7. The molecule has 1 atom stereocenters. The van der Waals surface area contributed by atoms with Gasteiger partial charge < -0.3 is 10.5 Å². The van der Waals surface area contributed by atoms with Crippen molar-refractivity contribution in [3.05, 3.63) is 12.2 Å². The lowest BCUT2D eigenvalue weighted by atomic mass is 10.2. The molecule has 2 amide bonds. The number of hydrogen-bond acceptors (Lipinski definition) is 6. The van der Waals surface area contributed by atoms with E-state index in [1.54, 1.807) is 0 Å². The van der Waals surface area contributed by atoms with Crippen LogP contribution in [0.15, 0.2) is 12.2 Å². The Morgan fingerprint density at radius 3 is 2.15 bits per heavy atom. The van der Waals surface area contributed by atoms with Crippen molar-refractivity contribution in [2.45, 2.75) is 24.5 Å². The molecule has 0 aromatic carbocycles. The summed E-state index contributed by atoms with van der Waals surface area (Å²) in [4.78, 5) is 33.8. The van der Waals surface area contributed by atoms with Crippen molar-refractivity contribution in [3.8, 4) is 0 Å². The van der Waals surface area contributed by atoms with E-state index >= 15 is 0 Å². The van der Waals surface area contributed by atoms with Crippen molar-refractivity contribution in [3.63, 3.8) is 0 Å². The second-order valence-electron chi connectivity index (χ2n) is 3.85. The summed E-state index contributed by atoms with van der Waals surface area (Å²) < 4.78 is 30.1. The summed E-state index contributed by atoms with van der Waals surface area (Å²) in [6.07, 6.45) is 3.14. The van der Waals surface area contributed by atoms with Crippen LogP contribution in [0.3, 0.4) is 0 Å². The summed E-state index contributed by atoms with van der Waals surface area (Å²) in [6.45, 7) is 0.168. The van der Waals surface area contributed by atoms with E-state index in [1.807, 2.05) is 0 Å². The summed E-state index contributed by atoms with van der Waals surface area (Å²) in [5.41, 5.74) is 4.50. The first-order valence-corrected chi connectivity index (χ1v) is 7.39. The maximum atomic E-state index is 11.2. The van der Waals surface area contributed by atoms with Crippen LogP contribution in [-0.4, -0.2) is 54.8 Å². The largest absolute Gasteiger partial charge is 0.333 e. The Hall–Kier alpha value is -1.58. The van der Waals surface area contributed by atoms with Gasteiger partial charge in [-0.1, -0.05) is 0 Å². The number of nitrogens with zero attached hydrogens (tertiary/aromatic N) is 1. The van der Waals surface area contributed by atoms with Crippen molar-refractivity contribution in [2.75, 3.05) is 13.6 Å². The molecular formula is C11H18N2O6S. The molecule has 1 aliphatic rings. The lowest BCUT2D eigenvalue weighted by Gasteiger charge is -2.13. The summed E-state index contributed by atoms with van der Waals surface area (Å²) >= 11 is 0. The Morgan fingerprint density at radius 1 is 1.25 bits per heavy atom. The van der Waals surface area contributed by atoms with Crippen LogP contribution < -0.4 is 5.73 Å². The van der Waals surface area contributed by atoms with Crippen molar-refractivity contribution < 1.29 is 27.4 Å². The van der Waals surface area contributed by atoms with E-state index in [0.717, 1.165) is 17.1 Å². The fraction of sp³-hybridized carbons (Fsp3) is 0.545. The zero-order valence-electron chi connectivity index (χ0n) is 11.1. The Morgan fingerprint density at radius 2 is 1.75 bits per heavy atom. The van der Waals surface area contributed by atoms with Gasteiger partial charge in [0.15, 0.2) is 0 Å². The van der Waals surface area contributed by atoms with Crippen molar-refractivity contribution in [2.24, 2.45) is 5.73 Å². The fourth-order valence-electron chi connectivity index (χ4n) is 1.55. The van der Waals surface area contributed by atoms with Crippen LogP contribution in [0.2, 0.25) is 0 Å². The van der Waals surface area contributed by atoms with Gasteiger partial charge in [0.05, 0.1) is 0 Å². The van der Waals surface area contributed by atoms with Gasteiger partial charge in [0.1, 0.15) is 11.5 Å².